The maximum Gasteiger partial charge on any atom is 0.227 e. The Hall–Kier alpha value is -2.54. The Morgan fingerprint density at radius 3 is 2.83 bits per heavy atom. The van der Waals surface area contributed by atoms with Gasteiger partial charge in [-0.05, 0) is 18.9 Å². The van der Waals surface area contributed by atoms with E-state index in [4.69, 9.17) is 14.5 Å². The second kappa shape index (κ2) is 6.16. The van der Waals surface area contributed by atoms with Crippen LogP contribution in [0.25, 0.3) is 22.4 Å². The van der Waals surface area contributed by atoms with Gasteiger partial charge in [-0.25, -0.2) is 19.9 Å². The number of fused-ring (bicyclic) bond motifs is 1. The van der Waals surface area contributed by atoms with Gasteiger partial charge in [0.25, 0.3) is 0 Å². The lowest BCUT2D eigenvalue weighted by molar-refractivity contribution is 0.201. The minimum atomic E-state index is 0.458. The van der Waals surface area contributed by atoms with Gasteiger partial charge in [0.15, 0.2) is 5.82 Å². The topological polar surface area (TPSA) is 85.8 Å². The van der Waals surface area contributed by atoms with Crippen LogP contribution in [0.5, 0.6) is 5.88 Å². The first-order valence-corrected chi connectivity index (χ1v) is 8.03. The molecule has 0 aromatic carbocycles. The SMILES string of the molecule is COCCc1cc2nc(-c3c(OC)ncnc3C3CC3)ncc2[nH]1. The molecule has 1 aliphatic carbocycles. The van der Waals surface area contributed by atoms with Gasteiger partial charge in [0.05, 0.1) is 36.6 Å². The zero-order chi connectivity index (χ0) is 16.5. The molecule has 0 bridgehead atoms. The van der Waals surface area contributed by atoms with E-state index in [2.05, 4.69) is 19.9 Å². The summed E-state index contributed by atoms with van der Waals surface area (Å²) in [5.74, 6) is 1.60. The fourth-order valence-corrected chi connectivity index (χ4v) is 2.86. The normalized spacial score (nSPS) is 14.2. The quantitative estimate of drug-likeness (QED) is 0.749. The van der Waals surface area contributed by atoms with E-state index in [9.17, 15) is 0 Å². The summed E-state index contributed by atoms with van der Waals surface area (Å²) in [6.07, 6.45) is 6.44. The van der Waals surface area contributed by atoms with Gasteiger partial charge in [-0.15, -0.1) is 0 Å². The highest BCUT2D eigenvalue weighted by Crippen LogP contribution is 2.44. The molecule has 7 heteroatoms. The molecule has 1 N–H and O–H groups in total. The van der Waals surface area contributed by atoms with Crippen molar-refractivity contribution < 1.29 is 9.47 Å². The van der Waals surface area contributed by atoms with Crippen molar-refractivity contribution in [3.63, 3.8) is 0 Å². The summed E-state index contributed by atoms with van der Waals surface area (Å²) in [7, 11) is 3.31. The monoisotopic (exact) mass is 325 g/mol. The van der Waals surface area contributed by atoms with Gasteiger partial charge < -0.3 is 14.5 Å². The number of ether oxygens (including phenoxy) is 2. The van der Waals surface area contributed by atoms with Crippen molar-refractivity contribution in [3.05, 3.63) is 30.0 Å². The molecule has 0 amide bonds. The fraction of sp³-hybridized carbons (Fsp3) is 0.412. The summed E-state index contributed by atoms with van der Waals surface area (Å²) in [5.41, 5.74) is 4.66. The van der Waals surface area contributed by atoms with Crippen molar-refractivity contribution in [3.8, 4) is 17.3 Å². The van der Waals surface area contributed by atoms with Gasteiger partial charge in [0.1, 0.15) is 11.9 Å². The maximum atomic E-state index is 5.43. The molecule has 0 radical (unpaired) electrons. The molecule has 1 saturated carbocycles. The van der Waals surface area contributed by atoms with Crippen molar-refractivity contribution in [1.29, 1.82) is 0 Å². The fourth-order valence-electron chi connectivity index (χ4n) is 2.86. The van der Waals surface area contributed by atoms with Crippen molar-refractivity contribution in [2.75, 3.05) is 20.8 Å². The van der Waals surface area contributed by atoms with Crippen LogP contribution < -0.4 is 4.74 Å². The molecule has 1 aliphatic rings. The van der Waals surface area contributed by atoms with Gasteiger partial charge >= 0.3 is 0 Å². The third kappa shape index (κ3) is 2.71. The molecule has 3 heterocycles. The summed E-state index contributed by atoms with van der Waals surface area (Å²) in [6, 6.07) is 2.03. The molecule has 0 saturated heterocycles. The minimum absolute atomic E-state index is 0.458. The summed E-state index contributed by atoms with van der Waals surface area (Å²) in [4.78, 5) is 21.2. The van der Waals surface area contributed by atoms with Gasteiger partial charge in [0, 0.05) is 25.1 Å². The van der Waals surface area contributed by atoms with Crippen LogP contribution in [0, 0.1) is 0 Å². The van der Waals surface area contributed by atoms with Crippen molar-refractivity contribution in [1.82, 2.24) is 24.9 Å². The van der Waals surface area contributed by atoms with Crippen LogP contribution in [0.4, 0.5) is 0 Å². The molecular weight excluding hydrogens is 306 g/mol. The van der Waals surface area contributed by atoms with Crippen LogP contribution in [-0.4, -0.2) is 45.7 Å². The molecule has 0 atom stereocenters. The lowest BCUT2D eigenvalue weighted by atomic mass is 10.1. The van der Waals surface area contributed by atoms with Gasteiger partial charge in [-0.3, -0.25) is 0 Å². The summed E-state index contributed by atoms with van der Waals surface area (Å²) in [5, 5.41) is 0. The van der Waals surface area contributed by atoms with Crippen LogP contribution in [0.3, 0.4) is 0 Å². The first kappa shape index (κ1) is 15.0. The Balaban J connectivity index is 1.79. The van der Waals surface area contributed by atoms with Crippen LogP contribution >= 0.6 is 0 Å². The third-order valence-corrected chi connectivity index (χ3v) is 4.22. The molecule has 3 aromatic heterocycles. The molecule has 4 rings (SSSR count). The largest absolute Gasteiger partial charge is 0.480 e. The van der Waals surface area contributed by atoms with Crippen LogP contribution in [0.15, 0.2) is 18.6 Å². The molecule has 0 aliphatic heterocycles. The Kier molecular flexibility index (Phi) is 3.86. The van der Waals surface area contributed by atoms with E-state index in [1.165, 1.54) is 0 Å². The highest BCUT2D eigenvalue weighted by atomic mass is 16.5. The Morgan fingerprint density at radius 1 is 1.21 bits per heavy atom. The molecule has 24 heavy (non-hydrogen) atoms. The van der Waals surface area contributed by atoms with E-state index in [1.54, 1.807) is 26.7 Å². The van der Waals surface area contributed by atoms with Crippen LogP contribution in [0.2, 0.25) is 0 Å². The van der Waals surface area contributed by atoms with E-state index in [1.807, 2.05) is 6.07 Å². The second-order valence-electron chi connectivity index (χ2n) is 5.95. The third-order valence-electron chi connectivity index (χ3n) is 4.22. The van der Waals surface area contributed by atoms with E-state index in [0.717, 1.165) is 47.2 Å². The number of nitrogens with one attached hydrogen (secondary N) is 1. The molecule has 3 aromatic rings. The first-order chi connectivity index (χ1) is 11.8. The van der Waals surface area contributed by atoms with E-state index >= 15 is 0 Å². The van der Waals surface area contributed by atoms with E-state index < -0.39 is 0 Å². The predicted octanol–water partition coefficient (Wildman–Crippen LogP) is 2.49. The number of nitrogens with zero attached hydrogens (tertiary/aromatic N) is 4. The average Bonchev–Trinajstić information content (AvgIpc) is 3.38. The maximum absolute atomic E-state index is 5.43. The predicted molar refractivity (Wildman–Crippen MR) is 89.0 cm³/mol. The van der Waals surface area contributed by atoms with E-state index in [-0.39, 0.29) is 0 Å². The Bertz CT molecular complexity index is 873. The highest BCUT2D eigenvalue weighted by molar-refractivity contribution is 5.78. The number of hydrogen-bond acceptors (Lipinski definition) is 6. The van der Waals surface area contributed by atoms with Gasteiger partial charge in [0.2, 0.25) is 5.88 Å². The minimum Gasteiger partial charge on any atom is -0.480 e. The van der Waals surface area contributed by atoms with Gasteiger partial charge in [-0.1, -0.05) is 0 Å². The van der Waals surface area contributed by atoms with Crippen molar-refractivity contribution in [2.45, 2.75) is 25.2 Å². The number of aromatic amines is 1. The molecule has 124 valence electrons. The number of H-pyrrole nitrogens is 1. The summed E-state index contributed by atoms with van der Waals surface area (Å²) in [6.45, 7) is 0.666. The Morgan fingerprint density at radius 2 is 2.08 bits per heavy atom. The Labute approximate surface area is 139 Å². The standard InChI is InChI=1S/C17H19N5O2/c1-23-6-5-11-7-12-13(21-11)8-18-16(22-12)14-15(10-3-4-10)19-9-20-17(14)24-2/h7-10,21H,3-6H2,1-2H3. The zero-order valence-electron chi connectivity index (χ0n) is 13.7. The number of aromatic nitrogens is 5. The second-order valence-corrected chi connectivity index (χ2v) is 5.95. The van der Waals surface area contributed by atoms with Gasteiger partial charge in [-0.2, -0.15) is 0 Å². The molecular formula is C17H19N5O2. The highest BCUT2D eigenvalue weighted by Gasteiger charge is 2.31. The summed E-state index contributed by atoms with van der Waals surface area (Å²) >= 11 is 0. The zero-order valence-corrected chi connectivity index (χ0v) is 13.7. The molecule has 7 nitrogen and oxygen atoms in total. The number of hydrogen-bond donors (Lipinski definition) is 1. The lowest BCUT2D eigenvalue weighted by Crippen LogP contribution is -2.01. The average molecular weight is 325 g/mol. The van der Waals surface area contributed by atoms with Crippen LogP contribution in [-0.2, 0) is 11.2 Å². The van der Waals surface area contributed by atoms with Crippen molar-refractivity contribution in [2.24, 2.45) is 0 Å². The first-order valence-electron chi connectivity index (χ1n) is 8.03. The lowest BCUT2D eigenvalue weighted by Gasteiger charge is -2.10. The smallest absolute Gasteiger partial charge is 0.227 e. The van der Waals surface area contributed by atoms with Crippen molar-refractivity contribution >= 4 is 11.0 Å². The number of methoxy groups -OCH3 is 2. The van der Waals surface area contributed by atoms with E-state index in [0.29, 0.717) is 24.2 Å². The van der Waals surface area contributed by atoms with Crippen LogP contribution in [0.1, 0.15) is 30.1 Å². The molecule has 0 spiro atoms. The number of rotatable bonds is 6. The molecule has 0 unspecified atom stereocenters. The summed E-state index contributed by atoms with van der Waals surface area (Å²) < 4.78 is 10.6. The molecule has 1 fully saturated rings.